The summed E-state index contributed by atoms with van der Waals surface area (Å²) in [4.78, 5) is 10.8. The molecule has 0 amide bonds. The van der Waals surface area contributed by atoms with Crippen LogP contribution < -0.4 is 16.4 Å². The van der Waals surface area contributed by atoms with Crippen molar-refractivity contribution in [1.29, 1.82) is 0 Å². The van der Waals surface area contributed by atoms with Gasteiger partial charge in [0.05, 0.1) is 0 Å². The maximum atomic E-state index is 5.72. The molecule has 0 aromatic carbocycles. The topological polar surface area (TPSA) is 79.1 Å². The molecule has 4 N–H and O–H groups in total. The van der Waals surface area contributed by atoms with Crippen molar-refractivity contribution in [1.82, 2.24) is 14.9 Å². The highest BCUT2D eigenvalue weighted by Crippen LogP contribution is 2.15. The van der Waals surface area contributed by atoms with Crippen LogP contribution in [0.25, 0.3) is 0 Å². The van der Waals surface area contributed by atoms with Crippen molar-refractivity contribution in [2.75, 3.05) is 37.3 Å². The minimum Gasteiger partial charge on any atom is -0.368 e. The van der Waals surface area contributed by atoms with Crippen LogP contribution in [-0.2, 0) is 0 Å². The lowest BCUT2D eigenvalue weighted by atomic mass is 10.1. The predicted octanol–water partition coefficient (Wildman–Crippen LogP) is 0.742. The first-order chi connectivity index (χ1) is 9.13. The second-order valence-electron chi connectivity index (χ2n) is 5.39. The lowest BCUT2D eigenvalue weighted by Crippen LogP contribution is -2.39. The van der Waals surface area contributed by atoms with Crippen LogP contribution in [0.5, 0.6) is 0 Å². The van der Waals surface area contributed by atoms with E-state index in [0.29, 0.717) is 12.6 Å². The SMILES string of the molecule is CC(N)CNc1cc(NC2CCCN(C)C2)ncn1. The van der Waals surface area contributed by atoms with Crippen LogP contribution in [0.1, 0.15) is 19.8 Å². The first-order valence-corrected chi connectivity index (χ1v) is 6.90. The van der Waals surface area contributed by atoms with Gasteiger partial charge in [-0.1, -0.05) is 0 Å². The van der Waals surface area contributed by atoms with E-state index in [1.54, 1.807) is 6.33 Å². The highest BCUT2D eigenvalue weighted by molar-refractivity contribution is 5.47. The zero-order valence-electron chi connectivity index (χ0n) is 11.8. The Morgan fingerprint density at radius 1 is 1.47 bits per heavy atom. The van der Waals surface area contributed by atoms with E-state index in [1.165, 1.54) is 19.4 Å². The minimum absolute atomic E-state index is 0.110. The Hall–Kier alpha value is -1.40. The molecule has 6 heteroatoms. The van der Waals surface area contributed by atoms with Crippen LogP contribution >= 0.6 is 0 Å². The van der Waals surface area contributed by atoms with Gasteiger partial charge in [0.15, 0.2) is 0 Å². The fourth-order valence-corrected chi connectivity index (χ4v) is 2.29. The van der Waals surface area contributed by atoms with Crippen LogP contribution in [0.4, 0.5) is 11.6 Å². The van der Waals surface area contributed by atoms with Crippen LogP contribution in [0, 0.1) is 0 Å². The van der Waals surface area contributed by atoms with Gasteiger partial charge in [-0.25, -0.2) is 9.97 Å². The Labute approximate surface area is 114 Å². The van der Waals surface area contributed by atoms with Crippen molar-refractivity contribution in [3.05, 3.63) is 12.4 Å². The molecule has 6 nitrogen and oxygen atoms in total. The summed E-state index contributed by atoms with van der Waals surface area (Å²) in [6.07, 6.45) is 4.00. The minimum atomic E-state index is 0.110. The Morgan fingerprint density at radius 3 is 3.00 bits per heavy atom. The van der Waals surface area contributed by atoms with Gasteiger partial charge in [0.25, 0.3) is 0 Å². The van der Waals surface area contributed by atoms with Crippen LogP contribution in [0.2, 0.25) is 0 Å². The number of nitrogens with two attached hydrogens (primary N) is 1. The molecule has 1 aliphatic heterocycles. The molecule has 1 saturated heterocycles. The summed E-state index contributed by atoms with van der Waals surface area (Å²) in [5, 5.41) is 6.68. The van der Waals surface area contributed by atoms with E-state index in [9.17, 15) is 0 Å². The average Bonchev–Trinajstić information content (AvgIpc) is 2.37. The van der Waals surface area contributed by atoms with Crippen molar-refractivity contribution in [3.8, 4) is 0 Å². The fourth-order valence-electron chi connectivity index (χ4n) is 2.29. The predicted molar refractivity (Wildman–Crippen MR) is 78.3 cm³/mol. The molecule has 2 atom stereocenters. The van der Waals surface area contributed by atoms with E-state index < -0.39 is 0 Å². The van der Waals surface area contributed by atoms with Gasteiger partial charge in [0.1, 0.15) is 18.0 Å². The number of rotatable bonds is 5. The smallest absolute Gasteiger partial charge is 0.131 e. The van der Waals surface area contributed by atoms with Gasteiger partial charge >= 0.3 is 0 Å². The number of likely N-dealkylation sites (tertiary alicyclic amines) is 1. The van der Waals surface area contributed by atoms with Crippen molar-refractivity contribution in [2.24, 2.45) is 5.73 Å². The third-order valence-electron chi connectivity index (χ3n) is 3.25. The highest BCUT2D eigenvalue weighted by atomic mass is 15.2. The van der Waals surface area contributed by atoms with Crippen LogP contribution in [0.15, 0.2) is 12.4 Å². The highest BCUT2D eigenvalue weighted by Gasteiger charge is 2.17. The number of likely N-dealkylation sites (N-methyl/N-ethyl adjacent to an activating group) is 1. The molecule has 0 bridgehead atoms. The summed E-state index contributed by atoms with van der Waals surface area (Å²) in [5.41, 5.74) is 5.72. The lowest BCUT2D eigenvalue weighted by Gasteiger charge is -2.30. The van der Waals surface area contributed by atoms with Crippen molar-refractivity contribution >= 4 is 11.6 Å². The van der Waals surface area contributed by atoms with Gasteiger partial charge in [0, 0.05) is 31.2 Å². The molecule has 1 aliphatic rings. The number of hydrogen-bond donors (Lipinski definition) is 3. The van der Waals surface area contributed by atoms with Gasteiger partial charge in [-0.15, -0.1) is 0 Å². The van der Waals surface area contributed by atoms with Gasteiger partial charge in [-0.2, -0.15) is 0 Å². The Morgan fingerprint density at radius 2 is 2.26 bits per heavy atom. The second kappa shape index (κ2) is 6.68. The Bertz CT molecular complexity index is 394. The number of hydrogen-bond acceptors (Lipinski definition) is 6. The monoisotopic (exact) mass is 264 g/mol. The maximum Gasteiger partial charge on any atom is 0.131 e. The first kappa shape index (κ1) is 14.0. The number of nitrogens with zero attached hydrogens (tertiary/aromatic N) is 3. The molecule has 1 aromatic heterocycles. The summed E-state index contributed by atoms with van der Waals surface area (Å²) < 4.78 is 0. The molecule has 2 rings (SSSR count). The van der Waals surface area contributed by atoms with E-state index in [0.717, 1.165) is 18.2 Å². The molecule has 19 heavy (non-hydrogen) atoms. The molecule has 2 unspecified atom stereocenters. The van der Waals surface area contributed by atoms with E-state index in [4.69, 9.17) is 5.73 Å². The summed E-state index contributed by atoms with van der Waals surface area (Å²) in [5.74, 6) is 1.70. The van der Waals surface area contributed by atoms with Crippen LogP contribution in [-0.4, -0.2) is 53.6 Å². The molecular weight excluding hydrogens is 240 g/mol. The molecular formula is C13H24N6. The molecule has 2 heterocycles. The molecule has 0 aliphatic carbocycles. The number of anilines is 2. The summed E-state index contributed by atoms with van der Waals surface area (Å²) in [6.45, 7) is 4.92. The van der Waals surface area contributed by atoms with Gasteiger partial charge in [0.2, 0.25) is 0 Å². The summed E-state index contributed by atoms with van der Waals surface area (Å²) in [7, 11) is 2.16. The van der Waals surface area contributed by atoms with Gasteiger partial charge < -0.3 is 21.3 Å². The van der Waals surface area contributed by atoms with Crippen LogP contribution in [0.3, 0.4) is 0 Å². The molecule has 106 valence electrons. The van der Waals surface area contributed by atoms with Crippen molar-refractivity contribution in [3.63, 3.8) is 0 Å². The van der Waals surface area contributed by atoms with Crippen molar-refractivity contribution < 1.29 is 0 Å². The van der Waals surface area contributed by atoms with E-state index >= 15 is 0 Å². The quantitative estimate of drug-likeness (QED) is 0.728. The second-order valence-corrected chi connectivity index (χ2v) is 5.39. The molecule has 0 radical (unpaired) electrons. The first-order valence-electron chi connectivity index (χ1n) is 6.90. The Kier molecular flexibility index (Phi) is 4.93. The van der Waals surface area contributed by atoms with Gasteiger partial charge in [-0.3, -0.25) is 0 Å². The van der Waals surface area contributed by atoms with E-state index in [2.05, 4.69) is 32.5 Å². The third-order valence-corrected chi connectivity index (χ3v) is 3.25. The molecule has 0 saturated carbocycles. The molecule has 0 spiro atoms. The number of nitrogens with one attached hydrogen (secondary N) is 2. The van der Waals surface area contributed by atoms with Crippen molar-refractivity contribution in [2.45, 2.75) is 31.8 Å². The van der Waals surface area contributed by atoms with E-state index in [-0.39, 0.29) is 6.04 Å². The zero-order chi connectivity index (χ0) is 13.7. The summed E-state index contributed by atoms with van der Waals surface area (Å²) in [6, 6.07) is 2.52. The summed E-state index contributed by atoms with van der Waals surface area (Å²) >= 11 is 0. The molecule has 1 fully saturated rings. The van der Waals surface area contributed by atoms with E-state index in [1.807, 2.05) is 13.0 Å². The lowest BCUT2D eigenvalue weighted by molar-refractivity contribution is 0.261. The number of aromatic nitrogens is 2. The largest absolute Gasteiger partial charge is 0.368 e. The number of piperidine rings is 1. The van der Waals surface area contributed by atoms with Gasteiger partial charge in [-0.05, 0) is 33.4 Å². The average molecular weight is 264 g/mol. The standard InChI is InChI=1S/C13H24N6/c1-10(14)7-15-12-6-13(17-9-16-12)18-11-4-3-5-19(2)8-11/h6,9-11H,3-5,7-8,14H2,1-2H3,(H2,15,16,17,18). The third kappa shape index (κ3) is 4.65. The molecule has 1 aromatic rings. The fraction of sp³-hybridized carbons (Fsp3) is 0.692. The zero-order valence-corrected chi connectivity index (χ0v) is 11.8. The Balaban J connectivity index is 1.90. The maximum absolute atomic E-state index is 5.72. The normalized spacial score (nSPS) is 21.9.